The highest BCUT2D eigenvalue weighted by Gasteiger charge is 2.13. The van der Waals surface area contributed by atoms with Crippen LogP contribution in [0.3, 0.4) is 0 Å². The molecular weight excluding hydrogens is 319 g/mol. The van der Waals surface area contributed by atoms with Crippen molar-refractivity contribution >= 4 is 22.6 Å². The maximum atomic E-state index is 13.6. The summed E-state index contributed by atoms with van der Waals surface area (Å²) in [5, 5.41) is 3.47. The van der Waals surface area contributed by atoms with Gasteiger partial charge in [0, 0.05) is 17.3 Å². The molecule has 0 aliphatic carbocycles. The van der Waals surface area contributed by atoms with E-state index in [0.717, 1.165) is 16.6 Å². The Balaban J connectivity index is 1.63. The SMILES string of the molecule is O=C(Nc1cnc2[nH]c(-c3ccccc3)cc2c1)c1ncccc1F. The van der Waals surface area contributed by atoms with E-state index in [2.05, 4.69) is 20.3 Å². The first-order valence-electron chi connectivity index (χ1n) is 7.67. The van der Waals surface area contributed by atoms with Gasteiger partial charge in [-0.3, -0.25) is 4.79 Å². The molecular formula is C19H13FN4O. The molecule has 0 fully saturated rings. The van der Waals surface area contributed by atoms with Crippen molar-refractivity contribution in [2.75, 3.05) is 5.32 Å². The van der Waals surface area contributed by atoms with Crippen molar-refractivity contribution in [3.8, 4) is 11.3 Å². The molecule has 5 nitrogen and oxygen atoms in total. The molecule has 0 atom stereocenters. The Morgan fingerprint density at radius 1 is 1.04 bits per heavy atom. The molecule has 0 aliphatic heterocycles. The van der Waals surface area contributed by atoms with Gasteiger partial charge in [0.15, 0.2) is 11.5 Å². The lowest BCUT2D eigenvalue weighted by Crippen LogP contribution is -2.15. The zero-order valence-electron chi connectivity index (χ0n) is 13.0. The van der Waals surface area contributed by atoms with Crippen LogP contribution in [0.5, 0.6) is 0 Å². The summed E-state index contributed by atoms with van der Waals surface area (Å²) in [4.78, 5) is 23.5. The number of fused-ring (bicyclic) bond motifs is 1. The Kier molecular flexibility index (Phi) is 3.70. The number of hydrogen-bond donors (Lipinski definition) is 2. The average Bonchev–Trinajstić information content (AvgIpc) is 3.06. The average molecular weight is 332 g/mol. The van der Waals surface area contributed by atoms with Crippen LogP contribution >= 0.6 is 0 Å². The number of amides is 1. The minimum atomic E-state index is -0.665. The fourth-order valence-electron chi connectivity index (χ4n) is 2.60. The lowest BCUT2D eigenvalue weighted by molar-refractivity contribution is 0.101. The molecule has 1 amide bonds. The quantitative estimate of drug-likeness (QED) is 0.595. The summed E-state index contributed by atoms with van der Waals surface area (Å²) in [6.07, 6.45) is 2.89. The highest BCUT2D eigenvalue weighted by atomic mass is 19.1. The standard InChI is InChI=1S/C19H13FN4O/c20-15-7-4-8-21-17(15)19(25)23-14-9-13-10-16(24-18(13)22-11-14)12-5-2-1-3-6-12/h1-11H,(H,22,24)(H,23,25). The van der Waals surface area contributed by atoms with Gasteiger partial charge in [-0.2, -0.15) is 0 Å². The van der Waals surface area contributed by atoms with Gasteiger partial charge in [0.1, 0.15) is 5.65 Å². The van der Waals surface area contributed by atoms with E-state index in [1.54, 1.807) is 6.07 Å². The largest absolute Gasteiger partial charge is 0.339 e. The molecule has 0 aliphatic rings. The molecule has 0 radical (unpaired) electrons. The van der Waals surface area contributed by atoms with Crippen LogP contribution in [-0.4, -0.2) is 20.9 Å². The topological polar surface area (TPSA) is 70.7 Å². The molecule has 25 heavy (non-hydrogen) atoms. The third-order valence-electron chi connectivity index (χ3n) is 3.79. The molecule has 2 N–H and O–H groups in total. The van der Waals surface area contributed by atoms with Crippen LogP contribution in [0.25, 0.3) is 22.3 Å². The zero-order valence-corrected chi connectivity index (χ0v) is 13.0. The summed E-state index contributed by atoms with van der Waals surface area (Å²) >= 11 is 0. The number of carbonyl (C=O) groups is 1. The van der Waals surface area contributed by atoms with Crippen molar-refractivity contribution < 1.29 is 9.18 Å². The number of nitrogens with zero attached hydrogens (tertiary/aromatic N) is 2. The van der Waals surface area contributed by atoms with E-state index in [9.17, 15) is 9.18 Å². The van der Waals surface area contributed by atoms with Gasteiger partial charge >= 0.3 is 0 Å². The lowest BCUT2D eigenvalue weighted by Gasteiger charge is -2.04. The molecule has 4 rings (SSSR count). The van der Waals surface area contributed by atoms with Gasteiger partial charge in [-0.25, -0.2) is 14.4 Å². The summed E-state index contributed by atoms with van der Waals surface area (Å²) in [5.74, 6) is -1.28. The first-order valence-corrected chi connectivity index (χ1v) is 7.67. The van der Waals surface area contributed by atoms with Crippen molar-refractivity contribution in [2.24, 2.45) is 0 Å². The maximum Gasteiger partial charge on any atom is 0.277 e. The minimum Gasteiger partial charge on any atom is -0.339 e. The van der Waals surface area contributed by atoms with Crippen LogP contribution in [0.2, 0.25) is 0 Å². The zero-order chi connectivity index (χ0) is 17.2. The van der Waals surface area contributed by atoms with Gasteiger partial charge in [0.05, 0.1) is 11.9 Å². The van der Waals surface area contributed by atoms with E-state index in [-0.39, 0.29) is 5.69 Å². The molecule has 122 valence electrons. The fourth-order valence-corrected chi connectivity index (χ4v) is 2.60. The van der Waals surface area contributed by atoms with Crippen LogP contribution in [0, 0.1) is 5.82 Å². The number of rotatable bonds is 3. The Bertz CT molecular complexity index is 1060. The number of H-pyrrole nitrogens is 1. The molecule has 4 aromatic rings. The molecule has 3 aromatic heterocycles. The number of aromatic nitrogens is 3. The predicted molar refractivity (Wildman–Crippen MR) is 93.7 cm³/mol. The Morgan fingerprint density at radius 2 is 1.88 bits per heavy atom. The maximum absolute atomic E-state index is 13.6. The van der Waals surface area contributed by atoms with Crippen LogP contribution in [-0.2, 0) is 0 Å². The third kappa shape index (κ3) is 2.97. The predicted octanol–water partition coefficient (Wildman–Crippen LogP) is 4.02. The van der Waals surface area contributed by atoms with E-state index < -0.39 is 11.7 Å². The summed E-state index contributed by atoms with van der Waals surface area (Å²) in [5.41, 5.74) is 2.91. The van der Waals surface area contributed by atoms with Crippen molar-refractivity contribution in [1.29, 1.82) is 0 Å². The van der Waals surface area contributed by atoms with E-state index >= 15 is 0 Å². The van der Waals surface area contributed by atoms with E-state index in [4.69, 9.17) is 0 Å². The smallest absolute Gasteiger partial charge is 0.277 e. The Hall–Kier alpha value is -3.54. The second kappa shape index (κ2) is 6.16. The molecule has 1 aromatic carbocycles. The van der Waals surface area contributed by atoms with Crippen LogP contribution in [0.4, 0.5) is 10.1 Å². The number of pyridine rings is 2. The van der Waals surface area contributed by atoms with Gasteiger partial charge in [0.2, 0.25) is 0 Å². The van der Waals surface area contributed by atoms with Crippen molar-refractivity contribution in [2.45, 2.75) is 0 Å². The first-order chi connectivity index (χ1) is 12.2. The molecule has 0 spiro atoms. The third-order valence-corrected chi connectivity index (χ3v) is 3.79. The summed E-state index contributed by atoms with van der Waals surface area (Å²) < 4.78 is 13.6. The highest BCUT2D eigenvalue weighted by Crippen LogP contribution is 2.24. The number of hydrogen-bond acceptors (Lipinski definition) is 3. The van der Waals surface area contributed by atoms with Crippen molar-refractivity contribution in [1.82, 2.24) is 15.0 Å². The van der Waals surface area contributed by atoms with Gasteiger partial charge in [0.25, 0.3) is 5.91 Å². The number of nitrogens with one attached hydrogen (secondary N) is 2. The first kappa shape index (κ1) is 15.0. The Labute approximate surface area is 142 Å². The molecule has 0 saturated carbocycles. The number of benzene rings is 1. The number of anilines is 1. The number of aromatic amines is 1. The monoisotopic (exact) mass is 332 g/mol. The van der Waals surface area contributed by atoms with Gasteiger partial charge in [-0.1, -0.05) is 30.3 Å². The summed E-state index contributed by atoms with van der Waals surface area (Å²) in [6, 6.07) is 16.2. The molecule has 6 heteroatoms. The molecule has 3 heterocycles. The number of carbonyl (C=O) groups excluding carboxylic acids is 1. The van der Waals surface area contributed by atoms with Gasteiger partial charge in [-0.15, -0.1) is 0 Å². The fraction of sp³-hybridized carbons (Fsp3) is 0. The number of halogens is 1. The minimum absolute atomic E-state index is 0.248. The normalized spacial score (nSPS) is 10.8. The second-order valence-corrected chi connectivity index (χ2v) is 5.50. The van der Waals surface area contributed by atoms with Crippen LogP contribution in [0.1, 0.15) is 10.5 Å². The lowest BCUT2D eigenvalue weighted by atomic mass is 10.1. The van der Waals surface area contributed by atoms with Crippen molar-refractivity contribution in [3.63, 3.8) is 0 Å². The van der Waals surface area contributed by atoms with Crippen LogP contribution < -0.4 is 5.32 Å². The Morgan fingerprint density at radius 3 is 2.68 bits per heavy atom. The van der Waals surface area contributed by atoms with Crippen molar-refractivity contribution in [3.05, 3.63) is 78.5 Å². The summed E-state index contributed by atoms with van der Waals surface area (Å²) in [7, 11) is 0. The molecule has 0 bridgehead atoms. The van der Waals surface area contributed by atoms with Gasteiger partial charge in [-0.05, 0) is 29.8 Å². The molecule has 0 unspecified atom stereocenters. The molecule has 0 saturated heterocycles. The van der Waals surface area contributed by atoms with E-state index in [1.165, 1.54) is 24.5 Å². The highest BCUT2D eigenvalue weighted by molar-refractivity contribution is 6.03. The second-order valence-electron chi connectivity index (χ2n) is 5.50. The summed E-state index contributed by atoms with van der Waals surface area (Å²) in [6.45, 7) is 0. The van der Waals surface area contributed by atoms with E-state index in [0.29, 0.717) is 11.3 Å². The van der Waals surface area contributed by atoms with Gasteiger partial charge < -0.3 is 10.3 Å². The van der Waals surface area contributed by atoms with E-state index in [1.807, 2.05) is 36.4 Å². The van der Waals surface area contributed by atoms with Crippen LogP contribution in [0.15, 0.2) is 67.0 Å².